The number of rotatable bonds is 15. The summed E-state index contributed by atoms with van der Waals surface area (Å²) in [5.74, 6) is 2.18. The summed E-state index contributed by atoms with van der Waals surface area (Å²) in [6.45, 7) is 7.89. The number of methoxy groups -OCH3 is 2. The number of carbonyl (C=O) groups is 2. The molecule has 0 spiro atoms. The van der Waals surface area contributed by atoms with Crippen molar-refractivity contribution in [3.05, 3.63) is 71.3 Å². The number of ether oxygens (including phenoxy) is 4. The SMILES string of the molecule is COc1ccc(COCCCCC2C(C)C(Cl)CC2C2(C=O)CC3C=C(C(C)C)C2(C(=O)OCc2ccc(OC)cc2)C3)cc1. The molecule has 0 aromatic heterocycles. The molecule has 0 N–H and O–H groups in total. The first-order valence-corrected chi connectivity index (χ1v) is 17.0. The molecule has 0 aliphatic heterocycles. The van der Waals surface area contributed by atoms with Gasteiger partial charge in [-0.25, -0.2) is 0 Å². The van der Waals surface area contributed by atoms with E-state index < -0.39 is 10.8 Å². The maximum Gasteiger partial charge on any atom is 0.317 e. The van der Waals surface area contributed by atoms with E-state index in [9.17, 15) is 9.59 Å². The van der Waals surface area contributed by atoms with Crippen molar-refractivity contribution in [3.63, 3.8) is 0 Å². The Morgan fingerprint density at radius 3 is 2.16 bits per heavy atom. The van der Waals surface area contributed by atoms with Crippen LogP contribution in [-0.4, -0.2) is 38.5 Å². The molecule has 0 amide bonds. The maximum absolute atomic E-state index is 14.4. The molecule has 0 saturated heterocycles. The van der Waals surface area contributed by atoms with Gasteiger partial charge in [0.25, 0.3) is 0 Å². The smallest absolute Gasteiger partial charge is 0.317 e. The molecule has 0 heterocycles. The van der Waals surface area contributed by atoms with Gasteiger partial charge >= 0.3 is 5.97 Å². The molecule has 3 aliphatic carbocycles. The van der Waals surface area contributed by atoms with Crippen LogP contribution in [0.2, 0.25) is 0 Å². The number of unbranched alkanes of at least 4 members (excludes halogenated alkanes) is 1. The van der Waals surface area contributed by atoms with Crippen molar-refractivity contribution < 1.29 is 28.5 Å². The average Bonchev–Trinajstić information content (AvgIpc) is 3.71. The fourth-order valence-electron chi connectivity index (χ4n) is 8.76. The van der Waals surface area contributed by atoms with E-state index in [4.69, 9.17) is 30.5 Å². The van der Waals surface area contributed by atoms with Gasteiger partial charge in [-0.05, 0) is 97.1 Å². The first kappa shape index (κ1) is 33.5. The summed E-state index contributed by atoms with van der Waals surface area (Å²) in [6.07, 6.45) is 8.36. The van der Waals surface area contributed by atoms with Gasteiger partial charge in [-0.2, -0.15) is 0 Å². The van der Waals surface area contributed by atoms with Crippen molar-refractivity contribution in [1.29, 1.82) is 0 Å². The Balaban J connectivity index is 1.30. The standard InChI is InChI=1S/C38H49ClO6/c1-25(2)33-18-29-20-37(24-40,38(33,21-29)36(41)45-23-28-11-15-31(43-5)16-12-28)34-19-35(39)26(3)32(34)8-6-7-17-44-22-27-9-13-30(42-4)14-10-27/h9-16,18,24-26,29,32,34-35H,6-8,17,19-23H2,1-5H3. The molecule has 6 nitrogen and oxygen atoms in total. The van der Waals surface area contributed by atoms with Gasteiger partial charge in [0.1, 0.15) is 29.8 Å². The van der Waals surface area contributed by atoms with Gasteiger partial charge in [-0.3, -0.25) is 4.79 Å². The highest BCUT2D eigenvalue weighted by atomic mass is 35.5. The third-order valence-electron chi connectivity index (χ3n) is 11.0. The van der Waals surface area contributed by atoms with E-state index in [1.54, 1.807) is 14.2 Å². The molecule has 45 heavy (non-hydrogen) atoms. The number of hydrogen-bond donors (Lipinski definition) is 0. The number of benzene rings is 2. The lowest BCUT2D eigenvalue weighted by Crippen LogP contribution is -2.53. The molecule has 7 atom stereocenters. The summed E-state index contributed by atoms with van der Waals surface area (Å²) >= 11 is 7.00. The molecule has 2 bridgehead atoms. The minimum Gasteiger partial charge on any atom is -0.497 e. The zero-order valence-electron chi connectivity index (χ0n) is 27.4. The molecule has 244 valence electrons. The van der Waals surface area contributed by atoms with E-state index in [1.165, 1.54) is 0 Å². The minimum absolute atomic E-state index is 0.0219. The van der Waals surface area contributed by atoms with Gasteiger partial charge in [-0.15, -0.1) is 11.6 Å². The van der Waals surface area contributed by atoms with Crippen LogP contribution in [0.25, 0.3) is 0 Å². The van der Waals surface area contributed by atoms with Crippen LogP contribution in [0.4, 0.5) is 0 Å². The topological polar surface area (TPSA) is 71.1 Å². The van der Waals surface area contributed by atoms with Crippen LogP contribution in [-0.2, 0) is 32.3 Å². The van der Waals surface area contributed by atoms with Gasteiger partial charge in [0.05, 0.1) is 20.8 Å². The highest BCUT2D eigenvalue weighted by Gasteiger charge is 2.72. The Hall–Kier alpha value is -2.83. The van der Waals surface area contributed by atoms with Gasteiger partial charge in [0.15, 0.2) is 0 Å². The van der Waals surface area contributed by atoms with E-state index in [2.05, 4.69) is 26.8 Å². The van der Waals surface area contributed by atoms with Crippen LogP contribution >= 0.6 is 11.6 Å². The lowest BCUT2D eigenvalue weighted by Gasteiger charge is -2.49. The molecule has 7 heteroatoms. The summed E-state index contributed by atoms with van der Waals surface area (Å²) in [5, 5.41) is -0.0267. The number of hydrogen-bond acceptors (Lipinski definition) is 6. The first-order valence-electron chi connectivity index (χ1n) is 16.5. The molecule has 5 rings (SSSR count). The molecular weight excluding hydrogens is 588 g/mol. The quantitative estimate of drug-likeness (QED) is 0.0645. The van der Waals surface area contributed by atoms with Crippen molar-refractivity contribution in [2.45, 2.75) is 77.9 Å². The molecular formula is C38H49ClO6. The lowest BCUT2D eigenvalue weighted by molar-refractivity contribution is -0.167. The van der Waals surface area contributed by atoms with Gasteiger partial charge in [0, 0.05) is 17.4 Å². The normalized spacial score (nSPS) is 30.4. The third kappa shape index (κ3) is 6.42. The zero-order valence-corrected chi connectivity index (χ0v) is 28.2. The largest absolute Gasteiger partial charge is 0.497 e. The van der Waals surface area contributed by atoms with Crippen LogP contribution < -0.4 is 9.47 Å². The number of halogens is 1. The number of esters is 1. The summed E-state index contributed by atoms with van der Waals surface area (Å²) in [7, 11) is 3.29. The highest BCUT2D eigenvalue weighted by molar-refractivity contribution is 6.21. The second-order valence-corrected chi connectivity index (χ2v) is 14.3. The van der Waals surface area contributed by atoms with Crippen LogP contribution in [0.5, 0.6) is 11.5 Å². The number of aldehydes is 1. The fraction of sp³-hybridized carbons (Fsp3) is 0.579. The Kier molecular flexibility index (Phi) is 10.7. The van der Waals surface area contributed by atoms with Crippen LogP contribution in [0, 0.1) is 40.4 Å². The van der Waals surface area contributed by atoms with Crippen molar-refractivity contribution in [3.8, 4) is 11.5 Å². The predicted octanol–water partition coefficient (Wildman–Crippen LogP) is 8.19. The van der Waals surface area contributed by atoms with Crippen molar-refractivity contribution in [2.24, 2.45) is 40.4 Å². The number of allylic oxidation sites excluding steroid dienone is 1. The predicted molar refractivity (Wildman–Crippen MR) is 176 cm³/mol. The molecule has 7 unspecified atom stereocenters. The number of fused-ring (bicyclic) bond motifs is 2. The maximum atomic E-state index is 14.4. The Morgan fingerprint density at radius 1 is 0.956 bits per heavy atom. The van der Waals surface area contributed by atoms with Crippen molar-refractivity contribution >= 4 is 23.9 Å². The Labute approximate surface area is 273 Å². The molecule has 3 aliphatic rings. The third-order valence-corrected chi connectivity index (χ3v) is 11.6. The van der Waals surface area contributed by atoms with E-state index in [0.29, 0.717) is 26.1 Å². The summed E-state index contributed by atoms with van der Waals surface area (Å²) < 4.78 is 22.6. The summed E-state index contributed by atoms with van der Waals surface area (Å²) in [6, 6.07) is 15.5. The van der Waals surface area contributed by atoms with Crippen molar-refractivity contribution in [1.82, 2.24) is 0 Å². The summed E-state index contributed by atoms with van der Waals surface area (Å²) in [4.78, 5) is 28.0. The Bertz CT molecular complexity index is 1340. The first-order chi connectivity index (χ1) is 21.7. The van der Waals surface area contributed by atoms with E-state index in [1.807, 2.05) is 48.5 Å². The number of alkyl halides is 1. The lowest BCUT2D eigenvalue weighted by atomic mass is 9.52. The van der Waals surface area contributed by atoms with E-state index >= 15 is 0 Å². The highest BCUT2D eigenvalue weighted by Crippen LogP contribution is 2.71. The van der Waals surface area contributed by atoms with Crippen LogP contribution in [0.1, 0.15) is 70.4 Å². The number of carbonyl (C=O) groups excluding carboxylic acids is 2. The fourth-order valence-corrected chi connectivity index (χ4v) is 9.14. The Morgan fingerprint density at radius 2 is 1.58 bits per heavy atom. The minimum atomic E-state index is -0.953. The van der Waals surface area contributed by atoms with Gasteiger partial charge < -0.3 is 23.7 Å². The van der Waals surface area contributed by atoms with Gasteiger partial charge in [-0.1, -0.05) is 63.1 Å². The average molecular weight is 637 g/mol. The van der Waals surface area contributed by atoms with E-state index in [-0.39, 0.29) is 47.5 Å². The van der Waals surface area contributed by atoms with Gasteiger partial charge in [0.2, 0.25) is 0 Å². The molecule has 2 saturated carbocycles. The monoisotopic (exact) mass is 636 g/mol. The van der Waals surface area contributed by atoms with E-state index in [0.717, 1.165) is 60.2 Å². The molecule has 2 fully saturated rings. The van der Waals surface area contributed by atoms with Crippen LogP contribution in [0.3, 0.4) is 0 Å². The molecule has 2 aromatic carbocycles. The second-order valence-electron chi connectivity index (χ2n) is 13.7. The second kappa shape index (κ2) is 14.3. The zero-order chi connectivity index (χ0) is 32.2. The van der Waals surface area contributed by atoms with Crippen LogP contribution in [0.15, 0.2) is 60.2 Å². The molecule has 2 aromatic rings. The summed E-state index contributed by atoms with van der Waals surface area (Å²) in [5.41, 5.74) is 1.30. The molecule has 0 radical (unpaired) electrons. The van der Waals surface area contributed by atoms with Crippen molar-refractivity contribution in [2.75, 3.05) is 20.8 Å².